The minimum absolute atomic E-state index is 0.698. The highest BCUT2D eigenvalue weighted by Gasteiger charge is 2.20. The van der Waals surface area contributed by atoms with Crippen LogP contribution in [0.3, 0.4) is 0 Å². The Balaban J connectivity index is 4.94. The molecule has 3 atom stereocenters. The Morgan fingerprint density at radius 3 is 1.68 bits per heavy atom. The Labute approximate surface area is 161 Å². The molecule has 0 saturated heterocycles. The van der Waals surface area contributed by atoms with E-state index in [2.05, 4.69) is 54.5 Å². The molecule has 0 N–H and O–H groups in total. The molecule has 0 aliphatic heterocycles. The van der Waals surface area contributed by atoms with Gasteiger partial charge in [-0.1, -0.05) is 111 Å². The number of hydrogen-bond donors (Lipinski definition) is 0. The first kappa shape index (κ1) is 24.7. The van der Waals surface area contributed by atoms with E-state index in [-0.39, 0.29) is 0 Å². The van der Waals surface area contributed by atoms with Crippen LogP contribution >= 0.6 is 0 Å². The Morgan fingerprint density at radius 2 is 1.20 bits per heavy atom. The van der Waals surface area contributed by atoms with Gasteiger partial charge in [0.15, 0.2) is 0 Å². The van der Waals surface area contributed by atoms with Gasteiger partial charge in [0.2, 0.25) is 0 Å². The number of hydrogen-bond acceptors (Lipinski definition) is 0. The Morgan fingerprint density at radius 1 is 0.680 bits per heavy atom. The number of allylic oxidation sites excluding steroid dienone is 2. The van der Waals surface area contributed by atoms with Gasteiger partial charge < -0.3 is 0 Å². The van der Waals surface area contributed by atoms with Crippen LogP contribution in [0.5, 0.6) is 0 Å². The summed E-state index contributed by atoms with van der Waals surface area (Å²) in [6.45, 7) is 16.5. The van der Waals surface area contributed by atoms with Crippen LogP contribution in [-0.2, 0) is 0 Å². The summed E-state index contributed by atoms with van der Waals surface area (Å²) in [5.41, 5.74) is 1.74. The molecule has 0 heteroatoms. The highest BCUT2D eigenvalue weighted by atomic mass is 14.3. The topological polar surface area (TPSA) is 0 Å². The van der Waals surface area contributed by atoms with E-state index in [0.29, 0.717) is 5.92 Å². The maximum absolute atomic E-state index is 2.56. The molecule has 0 aliphatic carbocycles. The normalized spacial score (nSPS) is 16.2. The first-order chi connectivity index (χ1) is 12.0. The second-order valence-electron chi connectivity index (χ2n) is 8.87. The quantitative estimate of drug-likeness (QED) is 0.243. The summed E-state index contributed by atoms with van der Waals surface area (Å²) in [6.07, 6.45) is 19.2. The monoisotopic (exact) mass is 350 g/mol. The van der Waals surface area contributed by atoms with Crippen LogP contribution in [0.15, 0.2) is 11.6 Å². The van der Waals surface area contributed by atoms with Crippen LogP contribution in [-0.4, -0.2) is 0 Å². The predicted octanol–water partition coefficient (Wildman–Crippen LogP) is 9.20. The molecular weight excluding hydrogens is 300 g/mol. The van der Waals surface area contributed by atoms with Gasteiger partial charge in [0, 0.05) is 0 Å². The average molecular weight is 351 g/mol. The van der Waals surface area contributed by atoms with Gasteiger partial charge in [-0.05, 0) is 49.4 Å². The van der Waals surface area contributed by atoms with Gasteiger partial charge in [-0.3, -0.25) is 0 Å². The maximum Gasteiger partial charge on any atom is -0.0288 e. The van der Waals surface area contributed by atoms with E-state index >= 15 is 0 Å². The molecular formula is C25H50. The Kier molecular flexibility index (Phi) is 15.8. The van der Waals surface area contributed by atoms with Crippen LogP contribution in [0.2, 0.25) is 0 Å². The zero-order valence-corrected chi connectivity index (χ0v) is 18.9. The molecule has 0 nitrogen and oxygen atoms in total. The van der Waals surface area contributed by atoms with E-state index in [9.17, 15) is 0 Å². The third kappa shape index (κ3) is 12.7. The van der Waals surface area contributed by atoms with E-state index in [1.165, 1.54) is 77.0 Å². The van der Waals surface area contributed by atoms with Crippen LogP contribution in [0, 0.1) is 23.7 Å². The SMILES string of the molecule is CCCC(=CC(C)C)CC(CCC)CC(CCC)CC(CC)CCC. The zero-order chi connectivity index (χ0) is 19.1. The lowest BCUT2D eigenvalue weighted by Crippen LogP contribution is -2.14. The molecule has 150 valence electrons. The fourth-order valence-electron chi connectivity index (χ4n) is 4.71. The van der Waals surface area contributed by atoms with Crippen molar-refractivity contribution >= 4 is 0 Å². The molecule has 0 heterocycles. The fourth-order valence-corrected chi connectivity index (χ4v) is 4.71. The van der Waals surface area contributed by atoms with E-state index in [0.717, 1.165) is 17.8 Å². The smallest absolute Gasteiger partial charge is 0.0288 e. The van der Waals surface area contributed by atoms with Crippen molar-refractivity contribution in [1.82, 2.24) is 0 Å². The lowest BCUT2D eigenvalue weighted by atomic mass is 9.78. The van der Waals surface area contributed by atoms with Crippen molar-refractivity contribution in [3.63, 3.8) is 0 Å². The predicted molar refractivity (Wildman–Crippen MR) is 117 cm³/mol. The van der Waals surface area contributed by atoms with Crippen LogP contribution in [0.1, 0.15) is 126 Å². The first-order valence-corrected chi connectivity index (χ1v) is 11.7. The summed E-state index contributed by atoms with van der Waals surface area (Å²) >= 11 is 0. The second-order valence-corrected chi connectivity index (χ2v) is 8.87. The molecule has 0 fully saturated rings. The molecule has 0 bridgehead atoms. The summed E-state index contributed by atoms with van der Waals surface area (Å²) in [7, 11) is 0. The molecule has 0 rings (SSSR count). The van der Waals surface area contributed by atoms with Crippen molar-refractivity contribution in [3.8, 4) is 0 Å². The third-order valence-electron chi connectivity index (χ3n) is 5.69. The van der Waals surface area contributed by atoms with E-state index in [4.69, 9.17) is 0 Å². The minimum atomic E-state index is 0.698. The molecule has 0 aromatic heterocycles. The van der Waals surface area contributed by atoms with Crippen molar-refractivity contribution < 1.29 is 0 Å². The van der Waals surface area contributed by atoms with E-state index in [1.807, 2.05) is 0 Å². The summed E-state index contributed by atoms with van der Waals surface area (Å²) in [5, 5.41) is 0. The highest BCUT2D eigenvalue weighted by molar-refractivity contribution is 5.04. The molecule has 0 spiro atoms. The van der Waals surface area contributed by atoms with Gasteiger partial charge in [-0.25, -0.2) is 0 Å². The molecule has 0 saturated carbocycles. The Bertz CT molecular complexity index is 312. The summed E-state index contributed by atoms with van der Waals surface area (Å²) < 4.78 is 0. The standard InChI is InChI=1S/C25H50/c1-8-13-22(12-5)18-24(15-10-3)20-25(16-11-4)19-23(14-9-2)17-21(6)7/h17,21-22,24-25H,8-16,18-20H2,1-7H3. The summed E-state index contributed by atoms with van der Waals surface area (Å²) in [4.78, 5) is 0. The van der Waals surface area contributed by atoms with Crippen molar-refractivity contribution in [2.45, 2.75) is 126 Å². The third-order valence-corrected chi connectivity index (χ3v) is 5.69. The van der Waals surface area contributed by atoms with Crippen molar-refractivity contribution in [1.29, 1.82) is 0 Å². The van der Waals surface area contributed by atoms with Gasteiger partial charge in [0.1, 0.15) is 0 Å². The molecule has 0 amide bonds. The van der Waals surface area contributed by atoms with E-state index < -0.39 is 0 Å². The molecule has 25 heavy (non-hydrogen) atoms. The summed E-state index contributed by atoms with van der Waals surface area (Å²) in [6, 6.07) is 0. The minimum Gasteiger partial charge on any atom is -0.0828 e. The molecule has 3 unspecified atom stereocenters. The van der Waals surface area contributed by atoms with Crippen molar-refractivity contribution in [2.75, 3.05) is 0 Å². The van der Waals surface area contributed by atoms with Gasteiger partial charge in [-0.15, -0.1) is 0 Å². The Hall–Kier alpha value is -0.260. The lowest BCUT2D eigenvalue weighted by Gasteiger charge is -2.27. The molecule has 0 radical (unpaired) electrons. The average Bonchev–Trinajstić information content (AvgIpc) is 2.54. The number of rotatable bonds is 16. The van der Waals surface area contributed by atoms with Crippen molar-refractivity contribution in [2.24, 2.45) is 23.7 Å². The van der Waals surface area contributed by atoms with Gasteiger partial charge >= 0.3 is 0 Å². The first-order valence-electron chi connectivity index (χ1n) is 11.7. The van der Waals surface area contributed by atoms with Gasteiger partial charge in [0.05, 0.1) is 0 Å². The van der Waals surface area contributed by atoms with Gasteiger partial charge in [-0.2, -0.15) is 0 Å². The molecule has 0 aromatic carbocycles. The van der Waals surface area contributed by atoms with Crippen LogP contribution in [0.25, 0.3) is 0 Å². The van der Waals surface area contributed by atoms with E-state index in [1.54, 1.807) is 5.57 Å². The maximum atomic E-state index is 2.56. The molecule has 0 aromatic rings. The summed E-state index contributed by atoms with van der Waals surface area (Å²) in [5.74, 6) is 3.53. The fraction of sp³-hybridized carbons (Fsp3) is 0.920. The molecule has 0 aliphatic rings. The largest absolute Gasteiger partial charge is 0.0828 e. The highest BCUT2D eigenvalue weighted by Crippen LogP contribution is 2.33. The van der Waals surface area contributed by atoms with Crippen molar-refractivity contribution in [3.05, 3.63) is 11.6 Å². The lowest BCUT2D eigenvalue weighted by molar-refractivity contribution is 0.263. The second kappa shape index (κ2) is 16.0. The zero-order valence-electron chi connectivity index (χ0n) is 18.9. The van der Waals surface area contributed by atoms with Gasteiger partial charge in [0.25, 0.3) is 0 Å². The van der Waals surface area contributed by atoms with Crippen LogP contribution < -0.4 is 0 Å². The van der Waals surface area contributed by atoms with Crippen LogP contribution in [0.4, 0.5) is 0 Å².